The van der Waals surface area contributed by atoms with Gasteiger partial charge in [0.15, 0.2) is 0 Å². The van der Waals surface area contributed by atoms with Crippen LogP contribution in [0.25, 0.3) is 0 Å². The summed E-state index contributed by atoms with van der Waals surface area (Å²) in [5.74, 6) is 0.754. The molecule has 0 aromatic heterocycles. The van der Waals surface area contributed by atoms with E-state index in [1.165, 1.54) is 5.56 Å². The fourth-order valence-electron chi connectivity index (χ4n) is 2.82. The van der Waals surface area contributed by atoms with Crippen molar-refractivity contribution >= 4 is 11.8 Å². The van der Waals surface area contributed by atoms with Gasteiger partial charge < -0.3 is 4.74 Å². The molecule has 0 saturated heterocycles. The Morgan fingerprint density at radius 3 is 2.27 bits per heavy atom. The van der Waals surface area contributed by atoms with Crippen LogP contribution in [-0.4, -0.2) is 11.7 Å². The molecule has 118 valence electrons. The zero-order valence-corrected chi connectivity index (χ0v) is 13.6. The molecule has 1 aliphatic carbocycles. The van der Waals surface area contributed by atoms with E-state index in [1.54, 1.807) is 0 Å². The number of nitrogens with zero attached hydrogens (tertiary/aromatic N) is 1. The maximum atomic E-state index is 11.7. The number of ether oxygens (including phenoxy) is 1. The summed E-state index contributed by atoms with van der Waals surface area (Å²) in [7, 11) is 0. The van der Waals surface area contributed by atoms with Crippen LogP contribution >= 0.6 is 0 Å². The Hall–Kier alpha value is -2.02. The maximum Gasteiger partial charge on any atom is 0.412 e. The normalized spacial score (nSPS) is 21.7. The SMILES string of the molecule is CC(C)(C)OC(=O)Nc1ccc(C2CCC(C#N)CC2)cc1. The van der Waals surface area contributed by atoms with E-state index in [0.717, 1.165) is 31.4 Å². The third-order valence-corrected chi connectivity index (χ3v) is 3.94. The van der Waals surface area contributed by atoms with Crippen LogP contribution in [-0.2, 0) is 4.74 Å². The number of nitrogens with one attached hydrogen (secondary N) is 1. The van der Waals surface area contributed by atoms with Crippen LogP contribution in [0.2, 0.25) is 0 Å². The van der Waals surface area contributed by atoms with E-state index in [-0.39, 0.29) is 5.92 Å². The predicted molar refractivity (Wildman–Crippen MR) is 86.6 cm³/mol. The molecular weight excluding hydrogens is 276 g/mol. The van der Waals surface area contributed by atoms with Gasteiger partial charge in [-0.2, -0.15) is 5.26 Å². The minimum Gasteiger partial charge on any atom is -0.444 e. The van der Waals surface area contributed by atoms with Crippen LogP contribution in [0.3, 0.4) is 0 Å². The minimum atomic E-state index is -0.497. The van der Waals surface area contributed by atoms with Crippen LogP contribution in [0, 0.1) is 17.2 Å². The summed E-state index contributed by atoms with van der Waals surface area (Å²) in [4.78, 5) is 11.7. The number of anilines is 1. The van der Waals surface area contributed by atoms with Crippen LogP contribution in [0.4, 0.5) is 10.5 Å². The molecule has 1 aromatic rings. The molecule has 0 spiro atoms. The molecule has 0 heterocycles. The van der Waals surface area contributed by atoms with Crippen LogP contribution in [0.15, 0.2) is 24.3 Å². The van der Waals surface area contributed by atoms with Gasteiger partial charge in [-0.25, -0.2) is 4.79 Å². The fourth-order valence-corrected chi connectivity index (χ4v) is 2.82. The van der Waals surface area contributed by atoms with E-state index in [0.29, 0.717) is 5.92 Å². The van der Waals surface area contributed by atoms with Gasteiger partial charge in [0.25, 0.3) is 0 Å². The second kappa shape index (κ2) is 6.83. The van der Waals surface area contributed by atoms with Crippen molar-refractivity contribution in [1.82, 2.24) is 0 Å². The number of benzene rings is 1. The average Bonchev–Trinajstić information content (AvgIpc) is 2.46. The molecule has 0 radical (unpaired) electrons. The van der Waals surface area contributed by atoms with Gasteiger partial charge in [0, 0.05) is 11.6 Å². The molecule has 0 unspecified atom stereocenters. The lowest BCUT2D eigenvalue weighted by Crippen LogP contribution is -2.27. The lowest BCUT2D eigenvalue weighted by Gasteiger charge is -2.25. The first kappa shape index (κ1) is 16.4. The van der Waals surface area contributed by atoms with Crippen LogP contribution in [0.5, 0.6) is 0 Å². The van der Waals surface area contributed by atoms with Gasteiger partial charge in [-0.05, 0) is 70.1 Å². The van der Waals surface area contributed by atoms with Gasteiger partial charge in [0.05, 0.1) is 6.07 Å². The molecule has 1 saturated carbocycles. The monoisotopic (exact) mass is 300 g/mol. The summed E-state index contributed by atoms with van der Waals surface area (Å²) in [6.07, 6.45) is 3.67. The molecule has 1 aliphatic rings. The average molecular weight is 300 g/mol. The third-order valence-electron chi connectivity index (χ3n) is 3.94. The molecule has 1 aromatic carbocycles. The minimum absolute atomic E-state index is 0.226. The zero-order valence-electron chi connectivity index (χ0n) is 13.6. The van der Waals surface area contributed by atoms with Crippen molar-refractivity contribution in [2.75, 3.05) is 5.32 Å². The summed E-state index contributed by atoms with van der Waals surface area (Å²) in [5.41, 5.74) is 1.53. The van der Waals surface area contributed by atoms with E-state index in [2.05, 4.69) is 23.5 Å². The lowest BCUT2D eigenvalue weighted by molar-refractivity contribution is 0.0636. The first-order valence-corrected chi connectivity index (χ1v) is 7.87. The van der Waals surface area contributed by atoms with E-state index in [1.807, 2.05) is 32.9 Å². The molecule has 0 bridgehead atoms. The summed E-state index contributed by atoms with van der Waals surface area (Å²) in [6, 6.07) is 10.3. The number of hydrogen-bond acceptors (Lipinski definition) is 3. The molecule has 1 N–H and O–H groups in total. The highest BCUT2D eigenvalue weighted by Crippen LogP contribution is 2.35. The van der Waals surface area contributed by atoms with Crippen molar-refractivity contribution in [2.24, 2.45) is 5.92 Å². The van der Waals surface area contributed by atoms with Crippen molar-refractivity contribution < 1.29 is 9.53 Å². The molecule has 0 atom stereocenters. The summed E-state index contributed by atoms with van der Waals surface area (Å²) in [6.45, 7) is 5.52. The molecule has 0 aliphatic heterocycles. The van der Waals surface area contributed by atoms with Crippen LogP contribution in [0.1, 0.15) is 57.9 Å². The number of carbonyl (C=O) groups is 1. The van der Waals surface area contributed by atoms with E-state index < -0.39 is 11.7 Å². The molecule has 4 nitrogen and oxygen atoms in total. The largest absolute Gasteiger partial charge is 0.444 e. The van der Waals surface area contributed by atoms with Gasteiger partial charge in [0.2, 0.25) is 0 Å². The summed E-state index contributed by atoms with van der Waals surface area (Å²) in [5, 5.41) is 11.7. The van der Waals surface area contributed by atoms with E-state index >= 15 is 0 Å². The topological polar surface area (TPSA) is 62.1 Å². The Morgan fingerprint density at radius 1 is 1.18 bits per heavy atom. The maximum absolute atomic E-state index is 11.7. The van der Waals surface area contributed by atoms with E-state index in [4.69, 9.17) is 10.00 Å². The standard InChI is InChI=1S/C18H24N2O2/c1-18(2,3)22-17(21)20-16-10-8-15(9-11-16)14-6-4-13(12-19)5-7-14/h8-11,13-14H,4-7H2,1-3H3,(H,20,21). The predicted octanol–water partition coefficient (Wildman–Crippen LogP) is 4.83. The number of nitriles is 1. The van der Waals surface area contributed by atoms with Gasteiger partial charge in [-0.1, -0.05) is 12.1 Å². The Morgan fingerprint density at radius 2 is 1.77 bits per heavy atom. The Bertz CT molecular complexity index is 544. The zero-order chi connectivity index (χ0) is 16.2. The lowest BCUT2D eigenvalue weighted by atomic mass is 9.79. The summed E-state index contributed by atoms with van der Waals surface area (Å²) >= 11 is 0. The second-order valence-corrected chi connectivity index (χ2v) is 6.93. The highest BCUT2D eigenvalue weighted by atomic mass is 16.6. The van der Waals surface area contributed by atoms with E-state index in [9.17, 15) is 4.79 Å². The van der Waals surface area contributed by atoms with Crippen molar-refractivity contribution in [3.63, 3.8) is 0 Å². The molecule has 1 amide bonds. The number of carbonyl (C=O) groups excluding carboxylic acids is 1. The Kier molecular flexibility index (Phi) is 5.07. The first-order valence-electron chi connectivity index (χ1n) is 7.87. The molecule has 1 fully saturated rings. The van der Waals surface area contributed by atoms with Crippen molar-refractivity contribution in [3.05, 3.63) is 29.8 Å². The fraction of sp³-hybridized carbons (Fsp3) is 0.556. The number of amides is 1. The Balaban J connectivity index is 1.91. The molecule has 22 heavy (non-hydrogen) atoms. The molecule has 2 rings (SSSR count). The van der Waals surface area contributed by atoms with Gasteiger partial charge in [-0.15, -0.1) is 0 Å². The van der Waals surface area contributed by atoms with Crippen molar-refractivity contribution in [2.45, 2.75) is 58.0 Å². The number of hydrogen-bond donors (Lipinski definition) is 1. The highest BCUT2D eigenvalue weighted by Gasteiger charge is 2.22. The smallest absolute Gasteiger partial charge is 0.412 e. The van der Waals surface area contributed by atoms with Crippen LogP contribution < -0.4 is 5.32 Å². The number of rotatable bonds is 2. The quantitative estimate of drug-likeness (QED) is 0.850. The van der Waals surface area contributed by atoms with Crippen molar-refractivity contribution in [3.8, 4) is 6.07 Å². The van der Waals surface area contributed by atoms with Crippen molar-refractivity contribution in [1.29, 1.82) is 5.26 Å². The molecule has 4 heteroatoms. The summed E-state index contributed by atoms with van der Waals surface area (Å²) < 4.78 is 5.23. The highest BCUT2D eigenvalue weighted by molar-refractivity contribution is 5.84. The second-order valence-electron chi connectivity index (χ2n) is 6.93. The van der Waals surface area contributed by atoms with Gasteiger partial charge in [-0.3, -0.25) is 5.32 Å². The van der Waals surface area contributed by atoms with Gasteiger partial charge in [0.1, 0.15) is 5.60 Å². The third kappa shape index (κ3) is 4.77. The molecular formula is C18H24N2O2. The first-order chi connectivity index (χ1) is 10.4. The Labute approximate surface area is 132 Å². The van der Waals surface area contributed by atoms with Gasteiger partial charge >= 0.3 is 6.09 Å².